The quantitative estimate of drug-likeness (QED) is 0.562. The molecule has 2 saturated heterocycles. The summed E-state index contributed by atoms with van der Waals surface area (Å²) in [6, 6.07) is 0. The Kier molecular flexibility index (Phi) is 3.84. The lowest BCUT2D eigenvalue weighted by molar-refractivity contribution is -0.138. The average Bonchev–Trinajstić information content (AvgIpc) is 2.97. The maximum Gasteiger partial charge on any atom is 0.245 e. The van der Waals surface area contributed by atoms with Crippen molar-refractivity contribution in [1.29, 1.82) is 0 Å². The normalized spacial score (nSPS) is 20.9. The minimum absolute atomic E-state index is 0.0607. The third kappa shape index (κ3) is 2.39. The van der Waals surface area contributed by atoms with Crippen LogP contribution >= 0.6 is 15.9 Å². The molecule has 2 aliphatic heterocycles. The van der Waals surface area contributed by atoms with E-state index in [1.54, 1.807) is 9.80 Å². The van der Waals surface area contributed by atoms with Crippen molar-refractivity contribution in [2.45, 2.75) is 30.5 Å². The van der Waals surface area contributed by atoms with Crippen molar-refractivity contribution in [3.8, 4) is 0 Å². The summed E-state index contributed by atoms with van der Waals surface area (Å²) in [4.78, 5) is 26.9. The van der Waals surface area contributed by atoms with Crippen LogP contribution in [0.5, 0.6) is 0 Å². The molecule has 0 saturated carbocycles. The molecule has 0 aromatic heterocycles. The van der Waals surface area contributed by atoms with E-state index in [-0.39, 0.29) is 11.8 Å². The van der Waals surface area contributed by atoms with E-state index in [0.29, 0.717) is 0 Å². The van der Waals surface area contributed by atoms with Crippen LogP contribution in [0.2, 0.25) is 0 Å². The van der Waals surface area contributed by atoms with Crippen LogP contribution in [0.25, 0.3) is 0 Å². The molecule has 0 spiro atoms. The lowest BCUT2D eigenvalue weighted by Gasteiger charge is -2.22. The Balaban J connectivity index is 1.92. The molecule has 4 nitrogen and oxygen atoms in total. The van der Waals surface area contributed by atoms with E-state index in [1.807, 2.05) is 0 Å². The highest BCUT2D eigenvalue weighted by molar-refractivity contribution is 9.10. The molecule has 2 amide bonds. The zero-order chi connectivity index (χ0) is 11.5. The number of carbonyl (C=O) groups is 2. The maximum absolute atomic E-state index is 12.0. The number of halogens is 1. The molecular weight excluding hydrogens is 272 g/mol. The Labute approximate surface area is 104 Å². The number of nitrogens with zero attached hydrogens (tertiary/aromatic N) is 2. The predicted molar refractivity (Wildman–Crippen MR) is 64.3 cm³/mol. The summed E-state index contributed by atoms with van der Waals surface area (Å²) < 4.78 is 0. The molecular formula is C11H17BrN2O2. The molecule has 0 bridgehead atoms. The highest BCUT2D eigenvalue weighted by Gasteiger charge is 2.33. The molecule has 0 atom stereocenters. The third-order valence-corrected chi connectivity index (χ3v) is 4.05. The molecule has 90 valence electrons. The SMILES string of the molecule is O=C(C(Br)C(=O)N1CCCC1)N1CCCC1. The van der Waals surface area contributed by atoms with Gasteiger partial charge in [0.1, 0.15) is 0 Å². The number of hydrogen-bond donors (Lipinski definition) is 0. The Morgan fingerprint density at radius 3 is 1.44 bits per heavy atom. The Bertz CT molecular complexity index is 256. The van der Waals surface area contributed by atoms with E-state index in [1.165, 1.54) is 0 Å². The van der Waals surface area contributed by atoms with E-state index in [4.69, 9.17) is 0 Å². The van der Waals surface area contributed by atoms with E-state index >= 15 is 0 Å². The van der Waals surface area contributed by atoms with Crippen molar-refractivity contribution in [2.24, 2.45) is 0 Å². The minimum Gasteiger partial charge on any atom is -0.341 e. The molecule has 0 radical (unpaired) electrons. The Morgan fingerprint density at radius 1 is 0.812 bits per heavy atom. The van der Waals surface area contributed by atoms with Crippen LogP contribution < -0.4 is 0 Å². The molecule has 2 aliphatic rings. The summed E-state index contributed by atoms with van der Waals surface area (Å²) in [5.74, 6) is -0.121. The number of hydrogen-bond acceptors (Lipinski definition) is 2. The molecule has 2 fully saturated rings. The second-order valence-electron chi connectivity index (χ2n) is 4.43. The van der Waals surface area contributed by atoms with Gasteiger partial charge in [0.25, 0.3) is 0 Å². The summed E-state index contributed by atoms with van der Waals surface area (Å²) in [6.07, 6.45) is 4.24. The van der Waals surface area contributed by atoms with Crippen molar-refractivity contribution < 1.29 is 9.59 Å². The zero-order valence-corrected chi connectivity index (χ0v) is 10.9. The van der Waals surface area contributed by atoms with Crippen LogP contribution in [0.4, 0.5) is 0 Å². The smallest absolute Gasteiger partial charge is 0.245 e. The molecule has 0 aliphatic carbocycles. The molecule has 16 heavy (non-hydrogen) atoms. The first-order valence-corrected chi connectivity index (χ1v) is 6.83. The van der Waals surface area contributed by atoms with E-state index < -0.39 is 4.83 Å². The van der Waals surface area contributed by atoms with Crippen LogP contribution in [-0.4, -0.2) is 52.6 Å². The predicted octanol–water partition coefficient (Wildman–Crippen LogP) is 0.995. The highest BCUT2D eigenvalue weighted by Crippen LogP contribution is 2.17. The number of alkyl halides is 1. The minimum atomic E-state index is -0.663. The summed E-state index contributed by atoms with van der Waals surface area (Å²) in [5, 5.41) is 0. The lowest BCUT2D eigenvalue weighted by atomic mass is 10.3. The number of rotatable bonds is 2. The van der Waals surface area contributed by atoms with Gasteiger partial charge in [-0.2, -0.15) is 0 Å². The summed E-state index contributed by atoms with van der Waals surface area (Å²) in [5.41, 5.74) is 0. The maximum atomic E-state index is 12.0. The molecule has 0 N–H and O–H groups in total. The fourth-order valence-corrected chi connectivity index (χ4v) is 2.88. The fourth-order valence-electron chi connectivity index (χ4n) is 2.30. The third-order valence-electron chi connectivity index (χ3n) is 3.27. The number of carbonyl (C=O) groups excluding carboxylic acids is 2. The van der Waals surface area contributed by atoms with Crippen molar-refractivity contribution in [3.05, 3.63) is 0 Å². The van der Waals surface area contributed by atoms with E-state index in [2.05, 4.69) is 15.9 Å². The summed E-state index contributed by atoms with van der Waals surface area (Å²) >= 11 is 3.25. The molecule has 0 aromatic carbocycles. The molecule has 0 aromatic rings. The van der Waals surface area contributed by atoms with Gasteiger partial charge in [0.15, 0.2) is 4.83 Å². The van der Waals surface area contributed by atoms with Gasteiger partial charge >= 0.3 is 0 Å². The highest BCUT2D eigenvalue weighted by atomic mass is 79.9. The largest absolute Gasteiger partial charge is 0.341 e. The van der Waals surface area contributed by atoms with Crippen molar-refractivity contribution >= 4 is 27.7 Å². The first-order valence-electron chi connectivity index (χ1n) is 5.92. The zero-order valence-electron chi connectivity index (χ0n) is 9.32. The van der Waals surface area contributed by atoms with Gasteiger partial charge in [0.2, 0.25) is 11.8 Å². The fraction of sp³-hybridized carbons (Fsp3) is 0.818. The van der Waals surface area contributed by atoms with Crippen LogP contribution in [0.3, 0.4) is 0 Å². The molecule has 2 heterocycles. The Morgan fingerprint density at radius 2 is 1.12 bits per heavy atom. The van der Waals surface area contributed by atoms with Crippen molar-refractivity contribution in [2.75, 3.05) is 26.2 Å². The Hall–Kier alpha value is -0.580. The van der Waals surface area contributed by atoms with Crippen LogP contribution in [0.15, 0.2) is 0 Å². The van der Waals surface area contributed by atoms with Crippen LogP contribution in [0, 0.1) is 0 Å². The van der Waals surface area contributed by atoms with E-state index in [0.717, 1.165) is 51.9 Å². The van der Waals surface area contributed by atoms with Crippen LogP contribution in [0.1, 0.15) is 25.7 Å². The van der Waals surface area contributed by atoms with Crippen LogP contribution in [-0.2, 0) is 9.59 Å². The van der Waals surface area contributed by atoms with E-state index in [9.17, 15) is 9.59 Å². The molecule has 0 unspecified atom stereocenters. The van der Waals surface area contributed by atoms with Gasteiger partial charge < -0.3 is 9.80 Å². The molecule has 5 heteroatoms. The van der Waals surface area contributed by atoms with Gasteiger partial charge in [-0.15, -0.1) is 0 Å². The number of likely N-dealkylation sites (tertiary alicyclic amines) is 2. The van der Waals surface area contributed by atoms with Crippen molar-refractivity contribution in [3.63, 3.8) is 0 Å². The van der Waals surface area contributed by atoms with Gasteiger partial charge in [-0.05, 0) is 25.7 Å². The van der Waals surface area contributed by atoms with Gasteiger partial charge in [-0.25, -0.2) is 0 Å². The second-order valence-corrected chi connectivity index (χ2v) is 5.34. The number of amides is 2. The summed E-state index contributed by atoms with van der Waals surface area (Å²) in [7, 11) is 0. The van der Waals surface area contributed by atoms with Gasteiger partial charge in [0.05, 0.1) is 0 Å². The monoisotopic (exact) mass is 288 g/mol. The lowest BCUT2D eigenvalue weighted by Crippen LogP contribution is -2.44. The van der Waals surface area contributed by atoms with Gasteiger partial charge in [-0.1, -0.05) is 15.9 Å². The average molecular weight is 289 g/mol. The van der Waals surface area contributed by atoms with Gasteiger partial charge in [-0.3, -0.25) is 9.59 Å². The standard InChI is InChI=1S/C11H17BrN2O2/c12-9(10(15)13-5-1-2-6-13)11(16)14-7-3-4-8-14/h9H,1-8H2. The first kappa shape index (κ1) is 11.9. The topological polar surface area (TPSA) is 40.6 Å². The summed E-state index contributed by atoms with van der Waals surface area (Å²) in [6.45, 7) is 3.20. The van der Waals surface area contributed by atoms with Gasteiger partial charge in [0, 0.05) is 26.2 Å². The molecule has 2 rings (SSSR count). The van der Waals surface area contributed by atoms with Crippen molar-refractivity contribution in [1.82, 2.24) is 9.80 Å². The first-order chi connectivity index (χ1) is 7.70. The second kappa shape index (κ2) is 5.17.